The molecule has 1 atom stereocenters. The third-order valence-electron chi connectivity index (χ3n) is 3.20. The van der Waals surface area contributed by atoms with Gasteiger partial charge in [-0.25, -0.2) is 0 Å². The molecule has 0 saturated carbocycles. The highest BCUT2D eigenvalue weighted by Gasteiger charge is 2.10. The van der Waals surface area contributed by atoms with Crippen molar-refractivity contribution in [3.05, 3.63) is 54.1 Å². The first-order valence-corrected chi connectivity index (χ1v) is 6.97. The lowest BCUT2D eigenvalue weighted by Gasteiger charge is -2.18. The molecule has 0 aromatic heterocycles. The van der Waals surface area contributed by atoms with E-state index in [1.807, 2.05) is 42.5 Å². The molecular formula is C17H21NO3. The molecule has 0 aliphatic rings. The van der Waals surface area contributed by atoms with Crippen LogP contribution in [-0.2, 0) is 0 Å². The lowest BCUT2D eigenvalue weighted by molar-refractivity contribution is 0.201. The van der Waals surface area contributed by atoms with Crippen molar-refractivity contribution in [2.75, 3.05) is 25.6 Å². The summed E-state index contributed by atoms with van der Waals surface area (Å²) in [6.07, 6.45) is 0. The number of para-hydroxylation sites is 1. The van der Waals surface area contributed by atoms with E-state index in [-0.39, 0.29) is 12.6 Å². The van der Waals surface area contributed by atoms with Crippen LogP contribution in [0.15, 0.2) is 48.5 Å². The van der Waals surface area contributed by atoms with Crippen LogP contribution in [0.1, 0.15) is 18.5 Å². The van der Waals surface area contributed by atoms with Gasteiger partial charge in [-0.15, -0.1) is 0 Å². The Morgan fingerprint density at radius 3 is 2.48 bits per heavy atom. The summed E-state index contributed by atoms with van der Waals surface area (Å²) < 4.78 is 10.7. The van der Waals surface area contributed by atoms with Crippen molar-refractivity contribution in [3.8, 4) is 11.5 Å². The van der Waals surface area contributed by atoms with Crippen molar-refractivity contribution in [1.82, 2.24) is 0 Å². The average Bonchev–Trinajstić information content (AvgIpc) is 2.54. The van der Waals surface area contributed by atoms with E-state index in [1.54, 1.807) is 7.11 Å². The maximum atomic E-state index is 8.73. The molecule has 0 amide bonds. The van der Waals surface area contributed by atoms with Gasteiger partial charge >= 0.3 is 0 Å². The van der Waals surface area contributed by atoms with Crippen molar-refractivity contribution in [2.24, 2.45) is 0 Å². The van der Waals surface area contributed by atoms with E-state index in [4.69, 9.17) is 14.6 Å². The molecule has 0 radical (unpaired) electrons. The molecule has 2 rings (SSSR count). The molecule has 112 valence electrons. The van der Waals surface area contributed by atoms with Crippen LogP contribution >= 0.6 is 0 Å². The summed E-state index contributed by atoms with van der Waals surface area (Å²) in [6, 6.07) is 15.8. The summed E-state index contributed by atoms with van der Waals surface area (Å²) in [5.41, 5.74) is 2.12. The van der Waals surface area contributed by atoms with E-state index >= 15 is 0 Å². The summed E-state index contributed by atoms with van der Waals surface area (Å²) in [4.78, 5) is 0. The monoisotopic (exact) mass is 287 g/mol. The second kappa shape index (κ2) is 7.55. The summed E-state index contributed by atoms with van der Waals surface area (Å²) in [7, 11) is 1.68. The zero-order chi connectivity index (χ0) is 15.1. The van der Waals surface area contributed by atoms with Crippen molar-refractivity contribution < 1.29 is 14.6 Å². The molecule has 1 unspecified atom stereocenters. The Labute approximate surface area is 125 Å². The summed E-state index contributed by atoms with van der Waals surface area (Å²) in [5, 5.41) is 12.2. The fourth-order valence-electron chi connectivity index (χ4n) is 2.16. The molecule has 0 aliphatic heterocycles. The topological polar surface area (TPSA) is 50.7 Å². The van der Waals surface area contributed by atoms with Crippen molar-refractivity contribution in [1.29, 1.82) is 0 Å². The zero-order valence-corrected chi connectivity index (χ0v) is 12.4. The summed E-state index contributed by atoms with van der Waals surface area (Å²) in [6.45, 7) is 2.42. The van der Waals surface area contributed by atoms with Gasteiger partial charge in [0.1, 0.15) is 18.1 Å². The van der Waals surface area contributed by atoms with Gasteiger partial charge in [0.25, 0.3) is 0 Å². The molecule has 21 heavy (non-hydrogen) atoms. The van der Waals surface area contributed by atoms with Crippen LogP contribution in [0.4, 0.5) is 5.69 Å². The maximum Gasteiger partial charge on any atom is 0.124 e. The fraction of sp³-hybridized carbons (Fsp3) is 0.294. The minimum absolute atomic E-state index is 0.0187. The number of benzene rings is 2. The molecule has 0 spiro atoms. The fourth-order valence-corrected chi connectivity index (χ4v) is 2.16. The first-order chi connectivity index (χ1) is 10.2. The summed E-state index contributed by atoms with van der Waals surface area (Å²) in [5.74, 6) is 1.62. The quantitative estimate of drug-likeness (QED) is 0.821. The molecule has 4 heteroatoms. The van der Waals surface area contributed by atoms with E-state index in [2.05, 4.69) is 18.3 Å². The standard InChI is InChI=1S/C17H21NO3/c1-13(16-5-3-4-6-17(16)20-2)18-14-7-9-15(10-8-14)21-12-11-19/h3-10,13,18-19H,11-12H2,1-2H3. The predicted octanol–water partition coefficient (Wildman–Crippen LogP) is 3.24. The van der Waals surface area contributed by atoms with Crippen LogP contribution in [0, 0.1) is 0 Å². The second-order valence-electron chi connectivity index (χ2n) is 4.70. The lowest BCUT2D eigenvalue weighted by atomic mass is 10.1. The number of anilines is 1. The van der Waals surface area contributed by atoms with Crippen LogP contribution in [0.2, 0.25) is 0 Å². The van der Waals surface area contributed by atoms with E-state index < -0.39 is 0 Å². The SMILES string of the molecule is COc1ccccc1C(C)Nc1ccc(OCCO)cc1. The van der Waals surface area contributed by atoms with Gasteiger partial charge in [0.2, 0.25) is 0 Å². The van der Waals surface area contributed by atoms with Crippen LogP contribution in [0.5, 0.6) is 11.5 Å². The molecule has 2 aromatic rings. The van der Waals surface area contributed by atoms with E-state index in [1.165, 1.54) is 0 Å². The Kier molecular flexibility index (Phi) is 5.46. The van der Waals surface area contributed by atoms with Crippen molar-refractivity contribution in [3.63, 3.8) is 0 Å². The zero-order valence-electron chi connectivity index (χ0n) is 12.4. The van der Waals surface area contributed by atoms with Crippen molar-refractivity contribution >= 4 is 5.69 Å². The number of rotatable bonds is 7. The Morgan fingerprint density at radius 2 is 1.81 bits per heavy atom. The Bertz CT molecular complexity index is 554. The minimum Gasteiger partial charge on any atom is -0.496 e. The van der Waals surface area contributed by atoms with E-state index in [9.17, 15) is 0 Å². The molecule has 4 nitrogen and oxygen atoms in total. The van der Waals surface area contributed by atoms with Gasteiger partial charge in [0.05, 0.1) is 19.8 Å². The number of ether oxygens (including phenoxy) is 2. The number of hydrogen-bond donors (Lipinski definition) is 2. The van der Waals surface area contributed by atoms with Gasteiger partial charge in [-0.1, -0.05) is 18.2 Å². The van der Waals surface area contributed by atoms with Crippen LogP contribution < -0.4 is 14.8 Å². The third kappa shape index (κ3) is 4.13. The highest BCUT2D eigenvalue weighted by atomic mass is 16.5. The Hall–Kier alpha value is -2.20. The van der Waals surface area contributed by atoms with Gasteiger partial charge in [-0.3, -0.25) is 0 Å². The molecule has 2 N–H and O–H groups in total. The predicted molar refractivity (Wildman–Crippen MR) is 84.1 cm³/mol. The summed E-state index contributed by atoms with van der Waals surface area (Å²) >= 11 is 0. The minimum atomic E-state index is 0.0187. The molecule has 0 bridgehead atoms. The Morgan fingerprint density at radius 1 is 1.10 bits per heavy atom. The van der Waals surface area contributed by atoms with Gasteiger partial charge < -0.3 is 19.9 Å². The second-order valence-corrected chi connectivity index (χ2v) is 4.70. The van der Waals surface area contributed by atoms with Crippen LogP contribution in [0.25, 0.3) is 0 Å². The molecule has 0 heterocycles. The molecule has 2 aromatic carbocycles. The normalized spacial score (nSPS) is 11.8. The lowest BCUT2D eigenvalue weighted by Crippen LogP contribution is -2.08. The smallest absolute Gasteiger partial charge is 0.124 e. The molecular weight excluding hydrogens is 266 g/mol. The number of aliphatic hydroxyl groups excluding tert-OH is 1. The van der Waals surface area contributed by atoms with Crippen LogP contribution in [-0.4, -0.2) is 25.4 Å². The average molecular weight is 287 g/mol. The number of methoxy groups -OCH3 is 1. The van der Waals surface area contributed by atoms with Gasteiger partial charge in [-0.2, -0.15) is 0 Å². The highest BCUT2D eigenvalue weighted by molar-refractivity contribution is 5.49. The Balaban J connectivity index is 2.03. The van der Waals surface area contributed by atoms with E-state index in [0.29, 0.717) is 6.61 Å². The van der Waals surface area contributed by atoms with Crippen molar-refractivity contribution in [2.45, 2.75) is 13.0 Å². The third-order valence-corrected chi connectivity index (χ3v) is 3.20. The first kappa shape index (κ1) is 15.2. The number of hydrogen-bond acceptors (Lipinski definition) is 4. The first-order valence-electron chi connectivity index (χ1n) is 6.97. The molecule has 0 aliphatic carbocycles. The number of aliphatic hydroxyl groups is 1. The van der Waals surface area contributed by atoms with Crippen LogP contribution in [0.3, 0.4) is 0 Å². The molecule has 0 fully saturated rings. The van der Waals surface area contributed by atoms with Gasteiger partial charge in [0.15, 0.2) is 0 Å². The maximum absolute atomic E-state index is 8.73. The van der Waals surface area contributed by atoms with E-state index in [0.717, 1.165) is 22.7 Å². The highest BCUT2D eigenvalue weighted by Crippen LogP contribution is 2.27. The van der Waals surface area contributed by atoms with Gasteiger partial charge in [0, 0.05) is 11.3 Å². The molecule has 0 saturated heterocycles. The van der Waals surface area contributed by atoms with Gasteiger partial charge in [-0.05, 0) is 37.3 Å². The largest absolute Gasteiger partial charge is 0.496 e. The number of nitrogens with one attached hydrogen (secondary N) is 1.